The predicted octanol–water partition coefficient (Wildman–Crippen LogP) is 2.36. The van der Waals surface area contributed by atoms with Gasteiger partial charge in [-0.3, -0.25) is 0 Å². The van der Waals surface area contributed by atoms with Gasteiger partial charge in [-0.2, -0.15) is 0 Å². The highest BCUT2D eigenvalue weighted by Gasteiger charge is 2.17. The van der Waals surface area contributed by atoms with Crippen molar-refractivity contribution in [3.8, 4) is 0 Å². The molecule has 0 saturated carbocycles. The number of allylic oxidation sites excluding steroid dienone is 3. The molecular weight excluding hydrogens is 134 g/mol. The summed E-state index contributed by atoms with van der Waals surface area (Å²) < 4.78 is 0. The molecule has 0 spiro atoms. The van der Waals surface area contributed by atoms with Crippen molar-refractivity contribution < 1.29 is 0 Å². The zero-order chi connectivity index (χ0) is 7.68. The van der Waals surface area contributed by atoms with Gasteiger partial charge < -0.3 is 5.32 Å². The Balaban J connectivity index is 2.14. The van der Waals surface area contributed by atoms with Crippen LogP contribution < -0.4 is 5.32 Å². The van der Waals surface area contributed by atoms with Gasteiger partial charge in [0.15, 0.2) is 0 Å². The standard InChI is InChI=1S/C10H15N/c1-11-10-6-8-4-2-3-5-9(8)7-10/h6,11H,2-5,7H2,1H3. The fourth-order valence-electron chi connectivity index (χ4n) is 2.02. The summed E-state index contributed by atoms with van der Waals surface area (Å²) in [5, 5.41) is 3.24. The summed E-state index contributed by atoms with van der Waals surface area (Å²) in [7, 11) is 2.02. The Morgan fingerprint density at radius 2 is 2.09 bits per heavy atom. The number of nitrogens with one attached hydrogen (secondary N) is 1. The van der Waals surface area contributed by atoms with E-state index in [1.54, 1.807) is 11.1 Å². The monoisotopic (exact) mass is 149 g/mol. The van der Waals surface area contributed by atoms with Crippen molar-refractivity contribution in [2.75, 3.05) is 7.05 Å². The van der Waals surface area contributed by atoms with Gasteiger partial charge in [0.2, 0.25) is 0 Å². The molecule has 60 valence electrons. The van der Waals surface area contributed by atoms with E-state index in [4.69, 9.17) is 0 Å². The lowest BCUT2D eigenvalue weighted by atomic mass is 9.94. The molecule has 1 heteroatoms. The highest BCUT2D eigenvalue weighted by Crippen LogP contribution is 2.34. The van der Waals surface area contributed by atoms with Gasteiger partial charge in [-0.25, -0.2) is 0 Å². The van der Waals surface area contributed by atoms with E-state index >= 15 is 0 Å². The van der Waals surface area contributed by atoms with Gasteiger partial charge in [-0.05, 0) is 37.3 Å². The second-order valence-electron chi connectivity index (χ2n) is 3.43. The van der Waals surface area contributed by atoms with Gasteiger partial charge in [-0.15, -0.1) is 0 Å². The molecule has 2 rings (SSSR count). The molecule has 0 fully saturated rings. The molecule has 2 aliphatic rings. The average molecular weight is 149 g/mol. The molecule has 0 amide bonds. The van der Waals surface area contributed by atoms with E-state index < -0.39 is 0 Å². The van der Waals surface area contributed by atoms with Crippen LogP contribution >= 0.6 is 0 Å². The molecule has 2 aliphatic carbocycles. The van der Waals surface area contributed by atoms with Crippen LogP contribution in [0.2, 0.25) is 0 Å². The maximum atomic E-state index is 3.24. The fourth-order valence-corrected chi connectivity index (χ4v) is 2.02. The van der Waals surface area contributed by atoms with Crippen LogP contribution in [0.25, 0.3) is 0 Å². The van der Waals surface area contributed by atoms with Crippen LogP contribution in [-0.2, 0) is 0 Å². The minimum Gasteiger partial charge on any atom is -0.391 e. The molecular formula is C10H15N. The van der Waals surface area contributed by atoms with E-state index in [1.165, 1.54) is 37.8 Å². The molecule has 1 nitrogen and oxygen atoms in total. The molecule has 0 aromatic carbocycles. The molecule has 0 radical (unpaired) electrons. The summed E-state index contributed by atoms with van der Waals surface area (Å²) in [4.78, 5) is 0. The highest BCUT2D eigenvalue weighted by atomic mass is 14.8. The van der Waals surface area contributed by atoms with E-state index in [1.807, 2.05) is 7.05 Å². The molecule has 0 bridgehead atoms. The second kappa shape index (κ2) is 2.72. The summed E-state index contributed by atoms with van der Waals surface area (Å²) in [6, 6.07) is 0. The van der Waals surface area contributed by atoms with E-state index in [-0.39, 0.29) is 0 Å². The Morgan fingerprint density at radius 1 is 1.27 bits per heavy atom. The Hall–Kier alpha value is -0.720. The summed E-state index contributed by atoms with van der Waals surface area (Å²) >= 11 is 0. The minimum absolute atomic E-state index is 1.20. The molecule has 0 heterocycles. The molecule has 0 aliphatic heterocycles. The molecule has 0 atom stereocenters. The van der Waals surface area contributed by atoms with Gasteiger partial charge >= 0.3 is 0 Å². The van der Waals surface area contributed by atoms with E-state index in [0.29, 0.717) is 0 Å². The first-order valence-electron chi connectivity index (χ1n) is 4.49. The van der Waals surface area contributed by atoms with E-state index in [0.717, 1.165) is 0 Å². The molecule has 0 unspecified atom stereocenters. The van der Waals surface area contributed by atoms with Crippen LogP contribution in [0.15, 0.2) is 22.9 Å². The van der Waals surface area contributed by atoms with Crippen LogP contribution in [0.3, 0.4) is 0 Å². The van der Waals surface area contributed by atoms with Crippen LogP contribution in [0.4, 0.5) is 0 Å². The van der Waals surface area contributed by atoms with Crippen molar-refractivity contribution in [2.45, 2.75) is 32.1 Å². The molecule has 1 N–H and O–H groups in total. The Labute approximate surface area is 68.2 Å². The first-order valence-corrected chi connectivity index (χ1v) is 4.49. The van der Waals surface area contributed by atoms with Crippen molar-refractivity contribution in [3.63, 3.8) is 0 Å². The average Bonchev–Trinajstić information content (AvgIpc) is 2.46. The number of hydrogen-bond donors (Lipinski definition) is 1. The quantitative estimate of drug-likeness (QED) is 0.603. The summed E-state index contributed by atoms with van der Waals surface area (Å²) in [5.41, 5.74) is 4.73. The number of hydrogen-bond acceptors (Lipinski definition) is 1. The molecule has 11 heavy (non-hydrogen) atoms. The fraction of sp³-hybridized carbons (Fsp3) is 0.600. The number of rotatable bonds is 1. The van der Waals surface area contributed by atoms with Crippen molar-refractivity contribution in [3.05, 3.63) is 22.9 Å². The van der Waals surface area contributed by atoms with E-state index in [9.17, 15) is 0 Å². The lowest BCUT2D eigenvalue weighted by Crippen LogP contribution is -2.03. The molecule has 0 saturated heterocycles. The SMILES string of the molecule is CNC1=CC2=C(CCCC2)C1. The molecule has 0 aromatic heterocycles. The van der Waals surface area contributed by atoms with Crippen LogP contribution in [0.1, 0.15) is 32.1 Å². The maximum absolute atomic E-state index is 3.24. The lowest BCUT2D eigenvalue weighted by molar-refractivity contribution is 0.677. The van der Waals surface area contributed by atoms with Gasteiger partial charge in [-0.1, -0.05) is 5.57 Å². The summed E-state index contributed by atoms with van der Waals surface area (Å²) in [6.45, 7) is 0. The van der Waals surface area contributed by atoms with Crippen molar-refractivity contribution >= 4 is 0 Å². The summed E-state index contributed by atoms with van der Waals surface area (Å²) in [6.07, 6.45) is 9.01. The van der Waals surface area contributed by atoms with Gasteiger partial charge in [0.05, 0.1) is 0 Å². The normalized spacial score (nSPS) is 23.2. The van der Waals surface area contributed by atoms with Gasteiger partial charge in [0.25, 0.3) is 0 Å². The lowest BCUT2D eigenvalue weighted by Gasteiger charge is -2.12. The molecule has 0 aromatic rings. The third-order valence-electron chi connectivity index (χ3n) is 2.70. The van der Waals surface area contributed by atoms with Gasteiger partial charge in [0, 0.05) is 19.2 Å². The van der Waals surface area contributed by atoms with Crippen LogP contribution in [-0.4, -0.2) is 7.05 Å². The van der Waals surface area contributed by atoms with E-state index in [2.05, 4.69) is 11.4 Å². The van der Waals surface area contributed by atoms with Crippen molar-refractivity contribution in [1.29, 1.82) is 0 Å². The zero-order valence-corrected chi connectivity index (χ0v) is 7.11. The Kier molecular flexibility index (Phi) is 1.72. The van der Waals surface area contributed by atoms with Crippen molar-refractivity contribution in [2.24, 2.45) is 0 Å². The summed E-state index contributed by atoms with van der Waals surface area (Å²) in [5.74, 6) is 0. The van der Waals surface area contributed by atoms with Crippen LogP contribution in [0.5, 0.6) is 0 Å². The van der Waals surface area contributed by atoms with Gasteiger partial charge in [0.1, 0.15) is 0 Å². The second-order valence-corrected chi connectivity index (χ2v) is 3.43. The van der Waals surface area contributed by atoms with Crippen molar-refractivity contribution in [1.82, 2.24) is 5.32 Å². The Bertz CT molecular complexity index is 223. The first kappa shape index (κ1) is 6.96. The maximum Gasteiger partial charge on any atom is 0.0148 e. The topological polar surface area (TPSA) is 12.0 Å². The third kappa shape index (κ3) is 1.20. The smallest absolute Gasteiger partial charge is 0.0148 e. The largest absolute Gasteiger partial charge is 0.391 e. The predicted molar refractivity (Wildman–Crippen MR) is 47.3 cm³/mol. The zero-order valence-electron chi connectivity index (χ0n) is 7.11. The first-order chi connectivity index (χ1) is 5.40. The van der Waals surface area contributed by atoms with Crippen LogP contribution in [0, 0.1) is 0 Å². The minimum atomic E-state index is 1.20. The third-order valence-corrected chi connectivity index (χ3v) is 2.70. The Morgan fingerprint density at radius 3 is 2.82 bits per heavy atom. The highest BCUT2D eigenvalue weighted by molar-refractivity contribution is 5.39.